The number of hydrogen-bond acceptors (Lipinski definition) is 5. The van der Waals surface area contributed by atoms with Crippen LogP contribution in [0.4, 0.5) is 0 Å². The Balaban J connectivity index is 1.99. The minimum atomic E-state index is -0.0486. The molecule has 0 aliphatic heterocycles. The maximum absolute atomic E-state index is 13.1. The van der Waals surface area contributed by atoms with Crippen molar-refractivity contribution in [3.63, 3.8) is 0 Å². The number of allylic oxidation sites excluding steroid dienone is 1. The number of carbonyl (C=O) groups excluding carboxylic acids is 1. The average molecular weight is 378 g/mol. The van der Waals surface area contributed by atoms with Gasteiger partial charge in [0.15, 0.2) is 5.16 Å². The molecule has 0 bridgehead atoms. The van der Waals surface area contributed by atoms with Crippen molar-refractivity contribution in [3.8, 4) is 0 Å². The summed E-state index contributed by atoms with van der Waals surface area (Å²) >= 11 is 3.17. The van der Waals surface area contributed by atoms with Crippen LogP contribution >= 0.6 is 23.1 Å². The average Bonchev–Trinajstić information content (AvgIpc) is 2.92. The third kappa shape index (κ3) is 3.82. The monoisotopic (exact) mass is 377 g/mol. The van der Waals surface area contributed by atoms with Crippen molar-refractivity contribution in [2.24, 2.45) is 5.92 Å². The molecular weight excluding hydrogens is 354 g/mol. The fourth-order valence-electron chi connectivity index (χ4n) is 3.17. The predicted molar refractivity (Wildman–Crippen MR) is 105 cm³/mol. The Morgan fingerprint density at radius 3 is 3.08 bits per heavy atom. The first-order valence-electron chi connectivity index (χ1n) is 8.54. The number of hydrogen-bond donors (Lipinski definition) is 1. The number of thiophene rings is 1. The maximum Gasteiger partial charge on any atom is 0.263 e. The van der Waals surface area contributed by atoms with Crippen LogP contribution in [0.15, 0.2) is 22.6 Å². The molecule has 3 rings (SSSR count). The van der Waals surface area contributed by atoms with Crippen LogP contribution in [-0.4, -0.2) is 27.8 Å². The number of aryl methyl sites for hydroxylation is 1. The van der Waals surface area contributed by atoms with Gasteiger partial charge in [-0.1, -0.05) is 24.8 Å². The molecule has 0 aromatic carbocycles. The fourth-order valence-corrected chi connectivity index (χ4v) is 5.46. The highest BCUT2D eigenvalue weighted by Crippen LogP contribution is 2.36. The van der Waals surface area contributed by atoms with Crippen LogP contribution < -0.4 is 10.9 Å². The first-order valence-corrected chi connectivity index (χ1v) is 10.3. The molecule has 2 heterocycles. The summed E-state index contributed by atoms with van der Waals surface area (Å²) in [5.74, 6) is 1.30. The lowest BCUT2D eigenvalue weighted by Gasteiger charge is -2.17. The second-order valence-electron chi connectivity index (χ2n) is 6.46. The number of nitrogens with one attached hydrogen (secondary N) is 1. The minimum absolute atomic E-state index is 0.0407. The molecule has 1 aliphatic carbocycles. The van der Waals surface area contributed by atoms with Gasteiger partial charge >= 0.3 is 0 Å². The van der Waals surface area contributed by atoms with Gasteiger partial charge in [-0.05, 0) is 30.7 Å². The summed E-state index contributed by atoms with van der Waals surface area (Å²) in [6.45, 7) is 8.54. The molecule has 5 nitrogen and oxygen atoms in total. The first-order chi connectivity index (χ1) is 12.0. The van der Waals surface area contributed by atoms with Crippen LogP contribution in [0, 0.1) is 5.92 Å². The fraction of sp³-hybridized carbons (Fsp3) is 0.500. The SMILES string of the molecule is C=CCn1c(SCCNC(C)=O)nc2sc3c(c2c1=O)CC[C@H](C)C3. The lowest BCUT2D eigenvalue weighted by molar-refractivity contribution is -0.118. The number of aromatic nitrogens is 2. The quantitative estimate of drug-likeness (QED) is 0.364. The van der Waals surface area contributed by atoms with Gasteiger partial charge in [-0.25, -0.2) is 4.98 Å². The van der Waals surface area contributed by atoms with E-state index in [9.17, 15) is 9.59 Å². The number of rotatable bonds is 6. The molecule has 1 N–H and O–H groups in total. The standard InChI is InChI=1S/C18H23N3O2S2/c1-4-8-21-17(23)15-13-6-5-11(2)10-14(13)25-16(15)20-18(21)24-9-7-19-12(3)22/h4,11H,1,5-10H2,2-3H3,(H,19,22)/t11-/m0/s1. The van der Waals surface area contributed by atoms with Gasteiger partial charge in [-0.3, -0.25) is 14.2 Å². The van der Waals surface area contributed by atoms with Gasteiger partial charge in [0.25, 0.3) is 5.56 Å². The highest BCUT2D eigenvalue weighted by Gasteiger charge is 2.24. The van der Waals surface area contributed by atoms with E-state index in [1.165, 1.54) is 29.1 Å². The molecule has 0 saturated heterocycles. The van der Waals surface area contributed by atoms with Gasteiger partial charge in [0.1, 0.15) is 4.83 Å². The summed E-state index contributed by atoms with van der Waals surface area (Å²) in [6.07, 6.45) is 4.87. The van der Waals surface area contributed by atoms with Crippen molar-refractivity contribution >= 4 is 39.2 Å². The van der Waals surface area contributed by atoms with Gasteiger partial charge in [-0.2, -0.15) is 0 Å². The van der Waals surface area contributed by atoms with E-state index in [1.54, 1.807) is 22.0 Å². The summed E-state index contributed by atoms with van der Waals surface area (Å²) in [7, 11) is 0. The molecule has 0 fully saturated rings. The van der Waals surface area contributed by atoms with E-state index in [-0.39, 0.29) is 11.5 Å². The lowest BCUT2D eigenvalue weighted by Crippen LogP contribution is -2.25. The Kier molecular flexibility index (Phi) is 5.64. The van der Waals surface area contributed by atoms with E-state index >= 15 is 0 Å². The Morgan fingerprint density at radius 2 is 2.36 bits per heavy atom. The number of fused-ring (bicyclic) bond motifs is 3. The van der Waals surface area contributed by atoms with Crippen LogP contribution in [0.2, 0.25) is 0 Å². The molecule has 1 aliphatic rings. The van der Waals surface area contributed by atoms with Gasteiger partial charge < -0.3 is 5.32 Å². The van der Waals surface area contributed by atoms with Crippen molar-refractivity contribution in [2.45, 2.75) is 44.8 Å². The van der Waals surface area contributed by atoms with Crippen molar-refractivity contribution < 1.29 is 4.79 Å². The van der Waals surface area contributed by atoms with Gasteiger partial charge in [0.05, 0.1) is 5.39 Å². The molecule has 0 saturated carbocycles. The number of thioether (sulfide) groups is 1. The molecule has 1 amide bonds. The molecule has 0 spiro atoms. The third-order valence-corrected chi connectivity index (χ3v) is 6.53. The number of carbonyl (C=O) groups is 1. The Bertz CT molecular complexity index is 869. The van der Waals surface area contributed by atoms with E-state index in [2.05, 4.69) is 18.8 Å². The third-order valence-electron chi connectivity index (χ3n) is 4.40. The zero-order valence-corrected chi connectivity index (χ0v) is 16.3. The molecule has 0 unspecified atom stereocenters. The second kappa shape index (κ2) is 7.74. The molecule has 7 heteroatoms. The highest BCUT2D eigenvalue weighted by atomic mass is 32.2. The van der Waals surface area contributed by atoms with Gasteiger partial charge in [-0.15, -0.1) is 17.9 Å². The largest absolute Gasteiger partial charge is 0.356 e. The van der Waals surface area contributed by atoms with E-state index in [0.29, 0.717) is 29.9 Å². The van der Waals surface area contributed by atoms with Gasteiger partial charge in [0, 0.05) is 30.6 Å². The van der Waals surface area contributed by atoms with Gasteiger partial charge in [0.2, 0.25) is 5.91 Å². The number of nitrogens with zero attached hydrogens (tertiary/aromatic N) is 2. The zero-order valence-electron chi connectivity index (χ0n) is 14.6. The van der Waals surface area contributed by atoms with Crippen LogP contribution in [0.5, 0.6) is 0 Å². The van der Waals surface area contributed by atoms with Crippen molar-refractivity contribution in [3.05, 3.63) is 33.4 Å². The molecule has 2 aromatic heterocycles. The first kappa shape index (κ1) is 18.2. The highest BCUT2D eigenvalue weighted by molar-refractivity contribution is 7.99. The summed E-state index contributed by atoms with van der Waals surface area (Å²) in [5.41, 5.74) is 1.25. The van der Waals surface area contributed by atoms with Crippen molar-refractivity contribution in [1.29, 1.82) is 0 Å². The molecule has 2 aromatic rings. The molecule has 134 valence electrons. The molecule has 0 radical (unpaired) electrons. The minimum Gasteiger partial charge on any atom is -0.356 e. The van der Waals surface area contributed by atoms with E-state index < -0.39 is 0 Å². The van der Waals surface area contributed by atoms with E-state index in [4.69, 9.17) is 4.98 Å². The topological polar surface area (TPSA) is 64.0 Å². The molecule has 1 atom stereocenters. The smallest absolute Gasteiger partial charge is 0.263 e. The normalized spacial score (nSPS) is 16.6. The summed E-state index contributed by atoms with van der Waals surface area (Å²) in [6, 6.07) is 0. The van der Waals surface area contributed by atoms with Crippen molar-refractivity contribution in [1.82, 2.24) is 14.9 Å². The second-order valence-corrected chi connectivity index (χ2v) is 8.61. The van der Waals surface area contributed by atoms with Crippen LogP contribution in [0.3, 0.4) is 0 Å². The summed E-state index contributed by atoms with van der Waals surface area (Å²) < 4.78 is 1.71. The lowest BCUT2D eigenvalue weighted by atomic mass is 9.89. The zero-order chi connectivity index (χ0) is 18.0. The Labute approximate surface area is 155 Å². The molecule has 25 heavy (non-hydrogen) atoms. The maximum atomic E-state index is 13.1. The van der Waals surface area contributed by atoms with Crippen LogP contribution in [-0.2, 0) is 24.2 Å². The Hall–Kier alpha value is -1.60. The van der Waals surface area contributed by atoms with Crippen LogP contribution in [0.1, 0.15) is 30.7 Å². The van der Waals surface area contributed by atoms with E-state index in [1.807, 2.05) is 0 Å². The summed E-state index contributed by atoms with van der Waals surface area (Å²) in [5, 5.41) is 4.28. The predicted octanol–water partition coefficient (Wildman–Crippen LogP) is 3.00. The van der Waals surface area contributed by atoms with Crippen LogP contribution in [0.25, 0.3) is 10.2 Å². The number of amides is 1. The van der Waals surface area contributed by atoms with E-state index in [0.717, 1.165) is 29.5 Å². The van der Waals surface area contributed by atoms with Crippen molar-refractivity contribution in [2.75, 3.05) is 12.3 Å². The Morgan fingerprint density at radius 1 is 1.56 bits per heavy atom. The summed E-state index contributed by atoms with van der Waals surface area (Å²) in [4.78, 5) is 31.0. The molecular formula is C18H23N3O2S2.